The molecule has 0 atom stereocenters. The molecule has 0 spiro atoms. The molecular weight excluding hydrogens is 415 g/mol. The lowest BCUT2D eigenvalue weighted by molar-refractivity contribution is -0.137. The number of amides is 1. The maximum absolute atomic E-state index is 13.2. The predicted molar refractivity (Wildman–Crippen MR) is 109 cm³/mol. The number of anilines is 2. The summed E-state index contributed by atoms with van der Waals surface area (Å²) >= 11 is 0. The van der Waals surface area contributed by atoms with Crippen molar-refractivity contribution in [3.05, 3.63) is 47.9 Å². The van der Waals surface area contributed by atoms with Gasteiger partial charge in [-0.05, 0) is 30.3 Å². The minimum atomic E-state index is -4.55. The number of piperazine rings is 1. The number of rotatable bonds is 5. The summed E-state index contributed by atoms with van der Waals surface area (Å²) in [5, 5.41) is 17.5. The maximum atomic E-state index is 13.2. The van der Waals surface area contributed by atoms with Crippen LogP contribution in [0.2, 0.25) is 0 Å². The van der Waals surface area contributed by atoms with Crippen LogP contribution >= 0.6 is 0 Å². The first kappa shape index (κ1) is 22.3. The molecule has 166 valence electrons. The average Bonchev–Trinajstić information content (AvgIpc) is 3.22. The van der Waals surface area contributed by atoms with E-state index in [1.54, 1.807) is 0 Å². The molecule has 8 nitrogen and oxygen atoms in total. The van der Waals surface area contributed by atoms with E-state index in [1.807, 2.05) is 9.80 Å². The molecule has 11 heteroatoms. The molecule has 0 aliphatic carbocycles. The minimum absolute atomic E-state index is 0.00631. The van der Waals surface area contributed by atoms with E-state index < -0.39 is 17.6 Å². The molecule has 0 bridgehead atoms. The third-order valence-electron chi connectivity index (χ3n) is 4.67. The van der Waals surface area contributed by atoms with E-state index in [0.717, 1.165) is 12.1 Å². The van der Waals surface area contributed by atoms with E-state index in [1.165, 1.54) is 31.4 Å². The highest BCUT2D eigenvalue weighted by Gasteiger charge is 2.32. The Kier molecular flexibility index (Phi) is 6.64. The summed E-state index contributed by atoms with van der Waals surface area (Å²) in [4.78, 5) is 16.2. The van der Waals surface area contributed by atoms with Crippen molar-refractivity contribution in [3.63, 3.8) is 0 Å². The topological polar surface area (TPSA) is 106 Å². The third kappa shape index (κ3) is 5.85. The molecule has 1 aromatic heterocycles. The largest absolute Gasteiger partial charge is 0.459 e. The van der Waals surface area contributed by atoms with Gasteiger partial charge in [-0.1, -0.05) is 0 Å². The quantitative estimate of drug-likeness (QED) is 0.489. The Morgan fingerprint density at radius 2 is 1.90 bits per heavy atom. The van der Waals surface area contributed by atoms with Crippen LogP contribution in [-0.2, 0) is 10.9 Å². The number of hydrogen-bond donors (Lipinski definition) is 3. The predicted octanol–water partition coefficient (Wildman–Crippen LogP) is 3.66. The zero-order valence-corrected chi connectivity index (χ0v) is 16.8. The van der Waals surface area contributed by atoms with Crippen LogP contribution in [0.4, 0.5) is 24.5 Å². The smallest absolute Gasteiger partial charge is 0.416 e. The van der Waals surface area contributed by atoms with Gasteiger partial charge in [-0.3, -0.25) is 20.5 Å². The normalized spacial score (nSPS) is 14.9. The SMILES string of the molecule is CC(=N)OC(=N)CN1CCN(c2ccc(C(F)(F)F)cc2NC(=O)c2ccco2)CC1. The van der Waals surface area contributed by atoms with Gasteiger partial charge in [0, 0.05) is 33.1 Å². The van der Waals surface area contributed by atoms with Crippen LogP contribution in [0.1, 0.15) is 23.0 Å². The maximum Gasteiger partial charge on any atom is 0.416 e. The van der Waals surface area contributed by atoms with E-state index in [-0.39, 0.29) is 29.8 Å². The second-order valence-electron chi connectivity index (χ2n) is 7.01. The van der Waals surface area contributed by atoms with Gasteiger partial charge in [-0.25, -0.2) is 0 Å². The van der Waals surface area contributed by atoms with Crippen LogP contribution in [0.3, 0.4) is 0 Å². The molecule has 1 aliphatic rings. The number of alkyl halides is 3. The third-order valence-corrected chi connectivity index (χ3v) is 4.67. The van der Waals surface area contributed by atoms with Crippen molar-refractivity contribution in [1.82, 2.24) is 4.90 Å². The summed E-state index contributed by atoms with van der Waals surface area (Å²) in [6, 6.07) is 6.19. The molecule has 31 heavy (non-hydrogen) atoms. The molecule has 1 fully saturated rings. The molecular formula is C20H22F3N5O3. The number of benzene rings is 1. The highest BCUT2D eigenvalue weighted by molar-refractivity contribution is 6.04. The van der Waals surface area contributed by atoms with Crippen molar-refractivity contribution in [2.45, 2.75) is 13.1 Å². The molecule has 0 radical (unpaired) electrons. The van der Waals surface area contributed by atoms with Crippen LogP contribution in [-0.4, -0.2) is 55.3 Å². The second-order valence-corrected chi connectivity index (χ2v) is 7.01. The van der Waals surface area contributed by atoms with Crippen molar-refractivity contribution >= 4 is 29.1 Å². The standard InChI is InChI=1S/C20H22F3N5O3/c1-13(24)31-18(25)12-27-6-8-28(9-7-27)16-5-4-14(20(21,22)23)11-15(16)26-19(29)17-3-2-10-30-17/h2-5,10-11,24-25H,6-9,12H2,1H3,(H,26,29). The summed E-state index contributed by atoms with van der Waals surface area (Å²) in [6.07, 6.45) is -3.24. The highest BCUT2D eigenvalue weighted by Crippen LogP contribution is 2.36. The van der Waals surface area contributed by atoms with Crippen molar-refractivity contribution in [1.29, 1.82) is 10.8 Å². The zero-order chi connectivity index (χ0) is 22.6. The Hall–Kier alpha value is -3.34. The molecule has 3 rings (SSSR count). The lowest BCUT2D eigenvalue weighted by atomic mass is 10.1. The van der Waals surface area contributed by atoms with Gasteiger partial charge in [0.1, 0.15) is 0 Å². The van der Waals surface area contributed by atoms with E-state index >= 15 is 0 Å². The number of ether oxygens (including phenoxy) is 1. The second kappa shape index (κ2) is 9.21. The fraction of sp³-hybridized carbons (Fsp3) is 0.350. The molecule has 1 saturated heterocycles. The van der Waals surface area contributed by atoms with E-state index in [0.29, 0.717) is 31.9 Å². The number of hydrogen-bond acceptors (Lipinski definition) is 7. The van der Waals surface area contributed by atoms with Crippen molar-refractivity contribution in [2.24, 2.45) is 0 Å². The fourth-order valence-electron chi connectivity index (χ4n) is 3.25. The van der Waals surface area contributed by atoms with E-state index in [4.69, 9.17) is 20.0 Å². The Morgan fingerprint density at radius 1 is 1.19 bits per heavy atom. The number of carbonyl (C=O) groups is 1. The number of carbonyl (C=O) groups excluding carboxylic acids is 1. The molecule has 2 heterocycles. The lowest BCUT2D eigenvalue weighted by Gasteiger charge is -2.36. The summed E-state index contributed by atoms with van der Waals surface area (Å²) in [7, 11) is 0. The molecule has 1 amide bonds. The minimum Gasteiger partial charge on any atom is -0.459 e. The van der Waals surface area contributed by atoms with Crippen LogP contribution in [0.5, 0.6) is 0 Å². The Morgan fingerprint density at radius 3 is 2.48 bits per heavy atom. The Labute approximate surface area is 176 Å². The van der Waals surface area contributed by atoms with Crippen molar-refractivity contribution < 1.29 is 27.1 Å². The first-order valence-electron chi connectivity index (χ1n) is 9.47. The van der Waals surface area contributed by atoms with Crippen LogP contribution in [0.15, 0.2) is 41.0 Å². The number of halogens is 3. The van der Waals surface area contributed by atoms with Gasteiger partial charge < -0.3 is 19.4 Å². The molecule has 0 saturated carbocycles. The monoisotopic (exact) mass is 437 g/mol. The van der Waals surface area contributed by atoms with E-state index in [9.17, 15) is 18.0 Å². The van der Waals surface area contributed by atoms with Crippen LogP contribution in [0.25, 0.3) is 0 Å². The molecule has 3 N–H and O–H groups in total. The fourth-order valence-corrected chi connectivity index (χ4v) is 3.25. The first-order valence-corrected chi connectivity index (χ1v) is 9.47. The molecule has 1 aliphatic heterocycles. The number of nitrogens with one attached hydrogen (secondary N) is 3. The van der Waals surface area contributed by atoms with Gasteiger partial charge in [0.15, 0.2) is 11.7 Å². The lowest BCUT2D eigenvalue weighted by Crippen LogP contribution is -2.48. The van der Waals surface area contributed by atoms with Crippen LogP contribution in [0, 0.1) is 10.8 Å². The molecule has 2 aromatic rings. The van der Waals surface area contributed by atoms with Crippen molar-refractivity contribution in [2.75, 3.05) is 42.9 Å². The number of furan rings is 1. The number of nitrogens with zero attached hydrogens (tertiary/aromatic N) is 2. The summed E-state index contributed by atoms with van der Waals surface area (Å²) in [6.45, 7) is 3.71. The first-order chi connectivity index (χ1) is 14.6. The van der Waals surface area contributed by atoms with Crippen molar-refractivity contribution in [3.8, 4) is 0 Å². The van der Waals surface area contributed by atoms with Gasteiger partial charge in [0.2, 0.25) is 5.90 Å². The zero-order valence-electron chi connectivity index (χ0n) is 16.8. The van der Waals surface area contributed by atoms with Gasteiger partial charge in [-0.2, -0.15) is 13.2 Å². The average molecular weight is 437 g/mol. The molecule has 0 unspecified atom stereocenters. The summed E-state index contributed by atoms with van der Waals surface area (Å²) < 4.78 is 49.6. The van der Waals surface area contributed by atoms with Gasteiger partial charge in [0.25, 0.3) is 5.91 Å². The van der Waals surface area contributed by atoms with E-state index in [2.05, 4.69) is 5.32 Å². The Bertz CT molecular complexity index is 951. The van der Waals surface area contributed by atoms with Gasteiger partial charge in [0.05, 0.1) is 29.7 Å². The highest BCUT2D eigenvalue weighted by atomic mass is 19.4. The summed E-state index contributed by atoms with van der Waals surface area (Å²) in [5.74, 6) is -0.753. The Balaban J connectivity index is 1.75. The van der Waals surface area contributed by atoms with Gasteiger partial charge >= 0.3 is 6.18 Å². The van der Waals surface area contributed by atoms with Crippen LogP contribution < -0.4 is 10.2 Å². The molecule has 1 aromatic carbocycles. The summed E-state index contributed by atoms with van der Waals surface area (Å²) in [5.41, 5.74) is -0.355. The van der Waals surface area contributed by atoms with Gasteiger partial charge in [-0.15, -0.1) is 0 Å².